The third-order valence-corrected chi connectivity index (χ3v) is 6.60. The largest absolute Gasteiger partial charge is 0.493 e. The van der Waals surface area contributed by atoms with Crippen LogP contribution in [0.1, 0.15) is 60.7 Å². The van der Waals surface area contributed by atoms with E-state index in [-0.39, 0.29) is 5.78 Å². The quantitative estimate of drug-likeness (QED) is 0.231. The van der Waals surface area contributed by atoms with Crippen LogP contribution in [0, 0.1) is 6.92 Å². The number of carbonyl (C=O) groups is 1. The molecule has 1 atom stereocenters. The number of rotatable bonds is 12. The van der Waals surface area contributed by atoms with Crippen LogP contribution in [0.5, 0.6) is 5.75 Å². The summed E-state index contributed by atoms with van der Waals surface area (Å²) in [6, 6.07) is 26.3. The lowest BCUT2D eigenvalue weighted by molar-refractivity contribution is 0.0962. The number of ketones is 1. The molecule has 0 spiro atoms. The van der Waals surface area contributed by atoms with E-state index in [1.165, 1.54) is 0 Å². The fourth-order valence-electron chi connectivity index (χ4n) is 4.39. The first-order chi connectivity index (χ1) is 16.0. The van der Waals surface area contributed by atoms with Crippen molar-refractivity contribution in [2.24, 2.45) is 0 Å². The molecule has 0 N–H and O–H groups in total. The summed E-state index contributed by atoms with van der Waals surface area (Å²) in [5.41, 5.74) is 3.70. The highest BCUT2D eigenvalue weighted by Gasteiger charge is 2.32. The van der Waals surface area contributed by atoms with Gasteiger partial charge in [-0.25, -0.2) is 0 Å². The predicted molar refractivity (Wildman–Crippen MR) is 137 cm³/mol. The lowest BCUT2D eigenvalue weighted by atomic mass is 9.72. The number of ether oxygens (including phenoxy) is 1. The van der Waals surface area contributed by atoms with E-state index in [4.69, 9.17) is 4.74 Å². The van der Waals surface area contributed by atoms with Crippen LogP contribution in [0.15, 0.2) is 78.9 Å². The molecule has 0 fully saturated rings. The summed E-state index contributed by atoms with van der Waals surface area (Å²) in [6.45, 7) is 12.6. The lowest BCUT2D eigenvalue weighted by Gasteiger charge is -2.31. The molecule has 3 aromatic rings. The van der Waals surface area contributed by atoms with E-state index in [0.29, 0.717) is 13.0 Å². The number of nitrogens with zero attached hydrogens (tertiary/aromatic N) is 1. The van der Waals surface area contributed by atoms with Crippen LogP contribution in [0.2, 0.25) is 0 Å². The van der Waals surface area contributed by atoms with Gasteiger partial charge in [0.1, 0.15) is 5.75 Å². The zero-order valence-corrected chi connectivity index (χ0v) is 20.5. The third kappa shape index (κ3) is 6.33. The molecule has 0 aromatic heterocycles. The Labute approximate surface area is 199 Å². The van der Waals surface area contributed by atoms with Crippen molar-refractivity contribution in [3.8, 4) is 5.75 Å². The molecule has 174 valence electrons. The van der Waals surface area contributed by atoms with E-state index in [9.17, 15) is 4.79 Å². The summed E-state index contributed by atoms with van der Waals surface area (Å²) in [6.07, 6.45) is 1.42. The molecule has 1 unspecified atom stereocenters. The van der Waals surface area contributed by atoms with E-state index >= 15 is 0 Å². The number of aryl methyl sites for hydroxylation is 1. The Morgan fingerprint density at radius 1 is 0.879 bits per heavy atom. The van der Waals surface area contributed by atoms with Gasteiger partial charge in [-0.2, -0.15) is 0 Å². The standard InChI is InChI=1S/C30H37NO2/c1-5-31(6-2)20-13-21-33-29-19-18-27(22-24(29)3)30(4,26-16-11-8-12-17-26)23-28(32)25-14-9-7-10-15-25/h7-12,14-19,22H,5-6,13,20-21,23H2,1-4H3. The summed E-state index contributed by atoms with van der Waals surface area (Å²) in [7, 11) is 0. The van der Waals surface area contributed by atoms with Gasteiger partial charge < -0.3 is 9.64 Å². The van der Waals surface area contributed by atoms with Gasteiger partial charge in [0, 0.05) is 23.9 Å². The summed E-state index contributed by atoms with van der Waals surface area (Å²) < 4.78 is 6.11. The summed E-state index contributed by atoms with van der Waals surface area (Å²) >= 11 is 0. The number of Topliss-reactive ketones (excluding diaryl/α,β-unsaturated/α-hetero) is 1. The molecule has 0 bridgehead atoms. The van der Waals surface area contributed by atoms with Crippen molar-refractivity contribution in [1.29, 1.82) is 0 Å². The molecule has 0 amide bonds. The summed E-state index contributed by atoms with van der Waals surface area (Å²) in [4.78, 5) is 15.6. The fraction of sp³-hybridized carbons (Fsp3) is 0.367. The van der Waals surface area contributed by atoms with Crippen molar-refractivity contribution in [3.05, 3.63) is 101 Å². The number of carbonyl (C=O) groups excluding carboxylic acids is 1. The third-order valence-electron chi connectivity index (χ3n) is 6.60. The Bertz CT molecular complexity index is 1010. The molecule has 33 heavy (non-hydrogen) atoms. The summed E-state index contributed by atoms with van der Waals surface area (Å²) in [5.74, 6) is 1.07. The zero-order valence-electron chi connectivity index (χ0n) is 20.5. The van der Waals surface area contributed by atoms with Crippen molar-refractivity contribution in [1.82, 2.24) is 4.90 Å². The van der Waals surface area contributed by atoms with Gasteiger partial charge in [-0.15, -0.1) is 0 Å². The second-order valence-corrected chi connectivity index (χ2v) is 8.87. The monoisotopic (exact) mass is 443 g/mol. The predicted octanol–water partition coefficient (Wildman–Crippen LogP) is 6.68. The SMILES string of the molecule is CCN(CC)CCCOc1ccc(C(C)(CC(=O)c2ccccc2)c2ccccc2)cc1C. The minimum Gasteiger partial charge on any atom is -0.493 e. The molecule has 3 rings (SSSR count). The van der Waals surface area contributed by atoms with Gasteiger partial charge in [-0.3, -0.25) is 4.79 Å². The molecule has 0 aliphatic heterocycles. The van der Waals surface area contributed by atoms with Crippen LogP contribution in [0.4, 0.5) is 0 Å². The molecule has 3 aromatic carbocycles. The van der Waals surface area contributed by atoms with Crippen molar-refractivity contribution in [2.75, 3.05) is 26.2 Å². The van der Waals surface area contributed by atoms with Gasteiger partial charge in [-0.1, -0.05) is 93.6 Å². The molecule has 0 aliphatic rings. The van der Waals surface area contributed by atoms with E-state index in [2.05, 4.69) is 62.9 Å². The van der Waals surface area contributed by atoms with Gasteiger partial charge in [0.2, 0.25) is 0 Å². The van der Waals surface area contributed by atoms with Gasteiger partial charge in [-0.05, 0) is 49.2 Å². The van der Waals surface area contributed by atoms with Gasteiger partial charge >= 0.3 is 0 Å². The van der Waals surface area contributed by atoms with Crippen molar-refractivity contribution in [3.63, 3.8) is 0 Å². The highest BCUT2D eigenvalue weighted by atomic mass is 16.5. The summed E-state index contributed by atoms with van der Waals surface area (Å²) in [5, 5.41) is 0. The average molecular weight is 444 g/mol. The fourth-order valence-corrected chi connectivity index (χ4v) is 4.39. The maximum atomic E-state index is 13.2. The van der Waals surface area contributed by atoms with Crippen LogP contribution >= 0.6 is 0 Å². The van der Waals surface area contributed by atoms with Crippen molar-refractivity contribution >= 4 is 5.78 Å². The van der Waals surface area contributed by atoms with E-state index in [0.717, 1.165) is 54.1 Å². The number of hydrogen-bond acceptors (Lipinski definition) is 3. The maximum Gasteiger partial charge on any atom is 0.164 e. The minimum atomic E-state index is -0.430. The second-order valence-electron chi connectivity index (χ2n) is 8.87. The van der Waals surface area contributed by atoms with E-state index in [1.54, 1.807) is 0 Å². The Kier molecular flexibility index (Phi) is 8.85. The maximum absolute atomic E-state index is 13.2. The molecule has 0 aliphatic carbocycles. The van der Waals surface area contributed by atoms with Gasteiger partial charge in [0.15, 0.2) is 5.78 Å². The zero-order chi connectivity index (χ0) is 23.7. The lowest BCUT2D eigenvalue weighted by Crippen LogP contribution is -2.27. The first-order valence-corrected chi connectivity index (χ1v) is 12.1. The first-order valence-electron chi connectivity index (χ1n) is 12.1. The molecular formula is C30H37NO2. The highest BCUT2D eigenvalue weighted by molar-refractivity contribution is 5.97. The van der Waals surface area contributed by atoms with Crippen molar-refractivity contribution < 1.29 is 9.53 Å². The van der Waals surface area contributed by atoms with E-state index < -0.39 is 5.41 Å². The molecule has 3 heteroatoms. The Hall–Kier alpha value is -2.91. The average Bonchev–Trinajstić information content (AvgIpc) is 2.86. The molecule has 0 radical (unpaired) electrons. The van der Waals surface area contributed by atoms with Crippen LogP contribution < -0.4 is 4.74 Å². The second kappa shape index (κ2) is 11.8. The number of hydrogen-bond donors (Lipinski definition) is 0. The molecular weight excluding hydrogens is 406 g/mol. The Balaban J connectivity index is 1.81. The molecule has 0 saturated heterocycles. The molecule has 0 heterocycles. The number of benzene rings is 3. The van der Waals surface area contributed by atoms with Crippen LogP contribution in [0.25, 0.3) is 0 Å². The normalized spacial score (nSPS) is 13.0. The Morgan fingerprint density at radius 2 is 1.52 bits per heavy atom. The van der Waals surface area contributed by atoms with Crippen LogP contribution in [0.3, 0.4) is 0 Å². The first kappa shape index (κ1) is 24.7. The van der Waals surface area contributed by atoms with Gasteiger partial charge in [0.25, 0.3) is 0 Å². The van der Waals surface area contributed by atoms with Crippen LogP contribution in [-0.4, -0.2) is 36.9 Å². The Morgan fingerprint density at radius 3 is 2.12 bits per heavy atom. The van der Waals surface area contributed by atoms with Crippen molar-refractivity contribution in [2.45, 2.75) is 46.0 Å². The van der Waals surface area contributed by atoms with E-state index in [1.807, 2.05) is 48.5 Å². The minimum absolute atomic E-state index is 0.149. The van der Waals surface area contributed by atoms with Crippen LogP contribution in [-0.2, 0) is 5.41 Å². The van der Waals surface area contributed by atoms with Gasteiger partial charge in [0.05, 0.1) is 6.61 Å². The smallest absolute Gasteiger partial charge is 0.164 e. The topological polar surface area (TPSA) is 29.5 Å². The highest BCUT2D eigenvalue weighted by Crippen LogP contribution is 2.38. The molecule has 0 saturated carbocycles. The molecule has 3 nitrogen and oxygen atoms in total.